The second-order valence-electron chi connectivity index (χ2n) is 3.92. The minimum Gasteiger partial charge on any atom is -0.395 e. The molecule has 114 valence electrons. The van der Waals surface area contributed by atoms with Crippen molar-refractivity contribution >= 4 is 15.7 Å². The van der Waals surface area contributed by atoms with Crippen LogP contribution in [0.3, 0.4) is 0 Å². The summed E-state index contributed by atoms with van der Waals surface area (Å²) < 4.78 is 62.1. The van der Waals surface area contributed by atoms with Crippen molar-refractivity contribution in [3.63, 3.8) is 0 Å². The van der Waals surface area contributed by atoms with Crippen molar-refractivity contribution in [2.45, 2.75) is 11.1 Å². The molecule has 0 saturated heterocycles. The quantitative estimate of drug-likeness (QED) is 0.830. The molecule has 0 heterocycles. The zero-order valence-corrected chi connectivity index (χ0v) is 11.5. The van der Waals surface area contributed by atoms with Gasteiger partial charge in [0.2, 0.25) is 10.0 Å². The first kappa shape index (κ1) is 16.7. The summed E-state index contributed by atoms with van der Waals surface area (Å²) in [5.74, 6) is 0. The summed E-state index contributed by atoms with van der Waals surface area (Å²) in [6.45, 7) is -2.97. The monoisotopic (exact) mass is 312 g/mol. The van der Waals surface area contributed by atoms with Crippen molar-refractivity contribution in [2.75, 3.05) is 32.1 Å². The van der Waals surface area contributed by atoms with E-state index in [-0.39, 0.29) is 14.9 Å². The maximum atomic E-state index is 12.5. The van der Waals surface area contributed by atoms with Crippen LogP contribution in [0.15, 0.2) is 29.2 Å². The van der Waals surface area contributed by atoms with Crippen LogP contribution >= 0.6 is 0 Å². The number of nitrogens with zero attached hydrogens (tertiary/aromatic N) is 1. The van der Waals surface area contributed by atoms with Gasteiger partial charge in [-0.1, -0.05) is 12.1 Å². The maximum absolute atomic E-state index is 12.5. The Hall–Kier alpha value is -1.32. The lowest BCUT2D eigenvalue weighted by Gasteiger charge is -2.23. The summed E-state index contributed by atoms with van der Waals surface area (Å²) in [6, 6.07) is 5.63. The average Bonchev–Trinajstić information content (AvgIpc) is 2.36. The number of hydrogen-bond donors (Lipinski definition) is 2. The van der Waals surface area contributed by atoms with E-state index in [4.69, 9.17) is 5.11 Å². The average molecular weight is 312 g/mol. The second kappa shape index (κ2) is 6.42. The van der Waals surface area contributed by atoms with Crippen LogP contribution in [-0.2, 0) is 10.0 Å². The first-order chi connectivity index (χ1) is 9.22. The number of benzene rings is 1. The molecular formula is C11H15F3N2O3S. The number of sulfonamides is 1. The Morgan fingerprint density at radius 1 is 1.30 bits per heavy atom. The summed E-state index contributed by atoms with van der Waals surface area (Å²) in [5.41, 5.74) is 0.192. The Morgan fingerprint density at radius 3 is 2.40 bits per heavy atom. The van der Waals surface area contributed by atoms with Gasteiger partial charge in [0.05, 0.1) is 12.3 Å². The van der Waals surface area contributed by atoms with Crippen molar-refractivity contribution in [3.05, 3.63) is 24.3 Å². The molecule has 1 rings (SSSR count). The molecular weight excluding hydrogens is 297 g/mol. The molecule has 0 amide bonds. The van der Waals surface area contributed by atoms with Crippen molar-refractivity contribution in [3.8, 4) is 0 Å². The minimum absolute atomic E-state index is 0.192. The van der Waals surface area contributed by atoms with Gasteiger partial charge in [0.1, 0.15) is 11.4 Å². The second-order valence-corrected chi connectivity index (χ2v) is 5.83. The molecule has 0 spiro atoms. The molecule has 2 N–H and O–H groups in total. The van der Waals surface area contributed by atoms with Crippen LogP contribution < -0.4 is 5.32 Å². The van der Waals surface area contributed by atoms with Gasteiger partial charge in [-0.3, -0.25) is 0 Å². The van der Waals surface area contributed by atoms with Crippen LogP contribution in [0.2, 0.25) is 0 Å². The molecule has 9 heteroatoms. The number of anilines is 1. The van der Waals surface area contributed by atoms with Gasteiger partial charge in [-0.2, -0.15) is 17.5 Å². The van der Waals surface area contributed by atoms with Gasteiger partial charge in [0.25, 0.3) is 0 Å². The van der Waals surface area contributed by atoms with Crippen molar-refractivity contribution < 1.29 is 26.7 Å². The zero-order valence-electron chi connectivity index (χ0n) is 10.7. The smallest absolute Gasteiger partial charge is 0.395 e. The molecule has 0 aliphatic rings. The number of para-hydroxylation sites is 1. The van der Waals surface area contributed by atoms with Crippen molar-refractivity contribution in [1.29, 1.82) is 0 Å². The van der Waals surface area contributed by atoms with Gasteiger partial charge in [0, 0.05) is 13.6 Å². The van der Waals surface area contributed by atoms with E-state index in [0.717, 1.165) is 0 Å². The topological polar surface area (TPSA) is 69.6 Å². The number of nitrogens with one attached hydrogen (secondary N) is 1. The van der Waals surface area contributed by atoms with Gasteiger partial charge in [-0.15, -0.1) is 0 Å². The Morgan fingerprint density at radius 2 is 1.90 bits per heavy atom. The molecule has 1 aromatic carbocycles. The molecule has 0 atom stereocenters. The number of alkyl halides is 3. The predicted octanol–water partition coefficient (Wildman–Crippen LogP) is 1.27. The highest BCUT2D eigenvalue weighted by atomic mass is 32.2. The van der Waals surface area contributed by atoms with Crippen molar-refractivity contribution in [1.82, 2.24) is 4.31 Å². The molecule has 0 aliphatic heterocycles. The molecule has 0 aromatic heterocycles. The third kappa shape index (κ3) is 4.09. The van der Waals surface area contributed by atoms with E-state index >= 15 is 0 Å². The van der Waals surface area contributed by atoms with Crippen LogP contribution in [0.4, 0.5) is 18.9 Å². The first-order valence-electron chi connectivity index (χ1n) is 5.67. The van der Waals surface area contributed by atoms with E-state index in [9.17, 15) is 21.6 Å². The van der Waals surface area contributed by atoms with Crippen LogP contribution in [0, 0.1) is 0 Å². The summed E-state index contributed by atoms with van der Waals surface area (Å²) in [4.78, 5) is -0.264. The van der Waals surface area contributed by atoms with E-state index < -0.39 is 35.9 Å². The molecule has 5 nitrogen and oxygen atoms in total. The number of halogens is 3. The molecule has 0 bridgehead atoms. The third-order valence-corrected chi connectivity index (χ3v) is 4.38. The summed E-state index contributed by atoms with van der Waals surface area (Å²) in [5, 5.41) is 11.4. The zero-order chi connectivity index (χ0) is 15.4. The Labute approximate surface area is 115 Å². The molecule has 1 aromatic rings. The van der Waals surface area contributed by atoms with E-state index in [0.29, 0.717) is 0 Å². The fraction of sp³-hybridized carbons (Fsp3) is 0.455. The minimum atomic E-state index is -4.68. The van der Waals surface area contributed by atoms with E-state index in [2.05, 4.69) is 5.32 Å². The number of rotatable bonds is 6. The van der Waals surface area contributed by atoms with Crippen molar-refractivity contribution in [2.24, 2.45) is 0 Å². The van der Waals surface area contributed by atoms with Gasteiger partial charge in [-0.25, -0.2) is 8.42 Å². The molecule has 0 saturated carbocycles. The Kier molecular flexibility index (Phi) is 5.37. The van der Waals surface area contributed by atoms with Crippen LogP contribution in [0.25, 0.3) is 0 Å². The van der Waals surface area contributed by atoms with Crippen LogP contribution in [0.5, 0.6) is 0 Å². The highest BCUT2D eigenvalue weighted by Gasteiger charge is 2.37. The van der Waals surface area contributed by atoms with E-state index in [1.807, 2.05) is 0 Å². The van der Waals surface area contributed by atoms with Gasteiger partial charge in [0.15, 0.2) is 0 Å². The normalized spacial score (nSPS) is 12.7. The van der Waals surface area contributed by atoms with Gasteiger partial charge in [-0.05, 0) is 12.1 Å². The highest BCUT2D eigenvalue weighted by molar-refractivity contribution is 7.89. The fourth-order valence-electron chi connectivity index (χ4n) is 1.63. The van der Waals surface area contributed by atoms with E-state index in [1.54, 1.807) is 6.07 Å². The van der Waals surface area contributed by atoms with Gasteiger partial charge < -0.3 is 10.4 Å². The molecule has 0 fully saturated rings. The standard InChI is InChI=1S/C11H15F3N2O3S/c1-15-9-4-2-3-5-10(9)20(18,19)16(6-7-17)8-11(12,13)14/h2-5,15,17H,6-8H2,1H3. The highest BCUT2D eigenvalue weighted by Crippen LogP contribution is 2.26. The fourth-order valence-corrected chi connectivity index (χ4v) is 3.25. The van der Waals surface area contributed by atoms with Crippen LogP contribution in [-0.4, -0.2) is 50.7 Å². The summed E-state index contributed by atoms with van der Waals surface area (Å²) in [7, 11) is -2.88. The van der Waals surface area contributed by atoms with E-state index in [1.165, 1.54) is 25.2 Å². The Bertz CT molecular complexity index is 546. The molecule has 20 heavy (non-hydrogen) atoms. The SMILES string of the molecule is CNc1ccccc1S(=O)(=O)N(CCO)CC(F)(F)F. The molecule has 0 aliphatic carbocycles. The number of hydrogen-bond acceptors (Lipinski definition) is 4. The molecule has 0 radical (unpaired) electrons. The summed E-state index contributed by atoms with van der Waals surface area (Å²) >= 11 is 0. The maximum Gasteiger partial charge on any atom is 0.402 e. The largest absolute Gasteiger partial charge is 0.402 e. The third-order valence-electron chi connectivity index (χ3n) is 2.48. The lowest BCUT2D eigenvalue weighted by atomic mass is 10.3. The van der Waals surface area contributed by atoms with Gasteiger partial charge >= 0.3 is 6.18 Å². The lowest BCUT2D eigenvalue weighted by molar-refractivity contribution is -0.136. The first-order valence-corrected chi connectivity index (χ1v) is 7.11. The lowest BCUT2D eigenvalue weighted by Crippen LogP contribution is -2.40. The number of aliphatic hydroxyl groups excluding tert-OH is 1. The van der Waals surface area contributed by atoms with Crippen LogP contribution in [0.1, 0.15) is 0 Å². The molecule has 0 unspecified atom stereocenters. The predicted molar refractivity (Wildman–Crippen MR) is 67.9 cm³/mol. The number of aliphatic hydroxyl groups is 1. The Balaban J connectivity index is 3.22. The summed E-state index contributed by atoms with van der Waals surface area (Å²) in [6.07, 6.45) is -4.68.